The highest BCUT2D eigenvalue weighted by Gasteiger charge is 1.88. The number of nitrogens with zero attached hydrogens (tertiary/aromatic N) is 1. The van der Waals surface area contributed by atoms with Gasteiger partial charge >= 0.3 is 0 Å². The molecule has 0 N–H and O–H groups in total. The van der Waals surface area contributed by atoms with Crippen LogP contribution in [0.4, 0.5) is 0 Å². The third-order valence-electron chi connectivity index (χ3n) is 1.75. The molecule has 0 spiro atoms. The van der Waals surface area contributed by atoms with Crippen molar-refractivity contribution >= 4 is 10.8 Å². The van der Waals surface area contributed by atoms with Crippen LogP contribution in [0.25, 0.3) is 10.8 Å². The van der Waals surface area contributed by atoms with E-state index >= 15 is 0 Å². The lowest BCUT2D eigenvalue weighted by Crippen LogP contribution is -2.22. The molecule has 2 aromatic rings. The van der Waals surface area contributed by atoms with Crippen molar-refractivity contribution in [2.24, 2.45) is 0 Å². The lowest BCUT2D eigenvalue weighted by molar-refractivity contribution is -0.610. The highest BCUT2D eigenvalue weighted by Crippen LogP contribution is 2.08. The summed E-state index contributed by atoms with van der Waals surface area (Å²) in [5, 5.41) is 2.48. The molecule has 1 aromatic heterocycles. The van der Waals surface area contributed by atoms with Gasteiger partial charge in [0.25, 0.3) is 0 Å². The maximum Gasteiger partial charge on any atom is 0.0768 e. The maximum atomic E-state index is 3.79. The predicted octanol–water partition coefficient (Wildman–Crippen LogP) is 1.77. The molecule has 0 bridgehead atoms. The van der Waals surface area contributed by atoms with Crippen molar-refractivity contribution < 1.29 is 4.57 Å². The molecule has 0 radical (unpaired) electrons. The van der Waals surface area contributed by atoms with E-state index in [2.05, 4.69) is 25.2 Å². The molecule has 1 nitrogen and oxygen atoms in total. The van der Waals surface area contributed by atoms with Crippen LogP contribution in [0.3, 0.4) is 0 Å². The summed E-state index contributed by atoms with van der Waals surface area (Å²) in [5.41, 5.74) is 0. The fourth-order valence-corrected chi connectivity index (χ4v) is 1.18. The zero-order chi connectivity index (χ0) is 7.68. The minimum atomic E-state index is 1.23. The Balaban J connectivity index is 2.83. The van der Waals surface area contributed by atoms with Crippen LogP contribution in [0.2, 0.25) is 0 Å². The van der Waals surface area contributed by atoms with Crippen LogP contribution < -0.4 is 4.57 Å². The summed E-state index contributed by atoms with van der Waals surface area (Å²) in [5.74, 6) is 0. The molecule has 0 aliphatic heterocycles. The van der Waals surface area contributed by atoms with Crippen LogP contribution >= 0.6 is 0 Å². The molecule has 0 unspecified atom stereocenters. The molecule has 0 amide bonds. The van der Waals surface area contributed by atoms with E-state index in [9.17, 15) is 0 Å². The van der Waals surface area contributed by atoms with Crippen molar-refractivity contribution in [1.82, 2.24) is 0 Å². The van der Waals surface area contributed by atoms with Gasteiger partial charge in [-0.25, -0.2) is 0 Å². The van der Waals surface area contributed by atoms with Gasteiger partial charge in [0.2, 0.25) is 0 Å². The van der Waals surface area contributed by atoms with Gasteiger partial charge in [0.05, 0.1) is 12.4 Å². The molecule has 1 heterocycles. The Hall–Kier alpha value is -1.50. The van der Waals surface area contributed by atoms with Crippen molar-refractivity contribution in [3.63, 3.8) is 0 Å². The Morgan fingerprint density at radius 1 is 1.00 bits per heavy atom. The van der Waals surface area contributed by atoms with E-state index in [1.807, 2.05) is 29.1 Å². The van der Waals surface area contributed by atoms with Gasteiger partial charge in [0, 0.05) is 7.05 Å². The first kappa shape index (κ1) is 6.23. The molecule has 11 heavy (non-hydrogen) atoms. The molecule has 54 valence electrons. The summed E-state index contributed by atoms with van der Waals surface area (Å²) < 4.78 is 1.81. The van der Waals surface area contributed by atoms with Crippen LogP contribution in [0.1, 0.15) is 0 Å². The Kier molecular flexibility index (Phi) is 1.29. The third-order valence-corrected chi connectivity index (χ3v) is 1.75. The zero-order valence-electron chi connectivity index (χ0n) is 6.20. The Morgan fingerprint density at radius 2 is 1.73 bits per heavy atom. The minimum Gasteiger partial charge on any atom is -0.339 e. The highest BCUT2D eigenvalue weighted by molar-refractivity contribution is 5.80. The van der Waals surface area contributed by atoms with Crippen LogP contribution in [-0.4, -0.2) is 0 Å². The lowest BCUT2D eigenvalue weighted by Gasteiger charge is -1.98. The van der Waals surface area contributed by atoms with E-state index in [4.69, 9.17) is 0 Å². The van der Waals surface area contributed by atoms with E-state index in [0.29, 0.717) is 0 Å². The van der Waals surface area contributed by atoms with Gasteiger partial charge in [-0.15, -0.1) is 0 Å². The van der Waals surface area contributed by atoms with Gasteiger partial charge < -0.3 is 4.57 Å². The van der Waals surface area contributed by atoms with Crippen LogP contribution in [0, 0.1) is 7.05 Å². The molecule has 0 saturated heterocycles. The van der Waals surface area contributed by atoms with Crippen molar-refractivity contribution in [3.8, 4) is 0 Å². The second-order valence-electron chi connectivity index (χ2n) is 2.59. The van der Waals surface area contributed by atoms with E-state index in [1.54, 1.807) is 0 Å². The second kappa shape index (κ2) is 2.27. The van der Waals surface area contributed by atoms with Gasteiger partial charge in [-0.2, -0.15) is 0 Å². The summed E-state index contributed by atoms with van der Waals surface area (Å²) in [7, 11) is 3.79. The molecule has 1 heteroatoms. The number of rotatable bonds is 0. The van der Waals surface area contributed by atoms with Gasteiger partial charge in [-0.3, -0.25) is 0 Å². The van der Waals surface area contributed by atoms with Crippen LogP contribution in [-0.2, 0) is 0 Å². The zero-order valence-corrected chi connectivity index (χ0v) is 6.20. The fraction of sp³-hybridized carbons (Fsp3) is 0. The molecule has 0 saturated carbocycles. The topological polar surface area (TPSA) is 3.88 Å². The first-order valence-electron chi connectivity index (χ1n) is 3.57. The number of hydrogen-bond acceptors (Lipinski definition) is 0. The molecule has 2 rings (SSSR count). The summed E-state index contributed by atoms with van der Waals surface area (Å²) in [6, 6.07) is 10.3. The van der Waals surface area contributed by atoms with Crippen molar-refractivity contribution in [2.45, 2.75) is 0 Å². The Morgan fingerprint density at radius 3 is 2.55 bits per heavy atom. The smallest absolute Gasteiger partial charge is 0.0768 e. The first-order chi connectivity index (χ1) is 5.36. The molecule has 0 aliphatic carbocycles. The normalized spacial score (nSPS) is 10.2. The van der Waals surface area contributed by atoms with Crippen LogP contribution in [0.5, 0.6) is 0 Å². The van der Waals surface area contributed by atoms with E-state index < -0.39 is 0 Å². The quantitative estimate of drug-likeness (QED) is 0.391. The molecular weight excluding hydrogens is 134 g/mol. The van der Waals surface area contributed by atoms with Crippen molar-refractivity contribution in [1.29, 1.82) is 0 Å². The largest absolute Gasteiger partial charge is 0.339 e. The van der Waals surface area contributed by atoms with Gasteiger partial charge in [0.1, 0.15) is 0 Å². The van der Waals surface area contributed by atoms with Gasteiger partial charge in [0.15, 0.2) is 0 Å². The third kappa shape index (κ3) is 1.05. The Labute approximate surface area is 65.9 Å². The fourth-order valence-electron chi connectivity index (χ4n) is 1.18. The molecular formula is C10H9N. The molecule has 0 atom stereocenters. The standard InChI is InChI=1S/C10H9N/c1-11-7-6-9-4-2-3-5-10(9)8-11/h2-8H,1H2. The summed E-state index contributed by atoms with van der Waals surface area (Å²) in [6.45, 7) is 0. The van der Waals surface area contributed by atoms with Gasteiger partial charge in [-0.05, 0) is 16.8 Å². The number of aromatic nitrogens is 1. The minimum absolute atomic E-state index is 1.23. The number of fused-ring (bicyclic) bond motifs is 1. The predicted molar refractivity (Wildman–Crippen MR) is 44.9 cm³/mol. The van der Waals surface area contributed by atoms with E-state index in [-0.39, 0.29) is 0 Å². The number of pyridine rings is 1. The average molecular weight is 143 g/mol. The van der Waals surface area contributed by atoms with Gasteiger partial charge in [-0.1, -0.05) is 24.3 Å². The molecule has 0 fully saturated rings. The Bertz CT molecular complexity index is 379. The number of benzene rings is 1. The number of hydrogen-bond donors (Lipinski definition) is 0. The summed E-state index contributed by atoms with van der Waals surface area (Å²) >= 11 is 0. The monoisotopic (exact) mass is 143 g/mol. The molecule has 1 aromatic carbocycles. The highest BCUT2D eigenvalue weighted by atomic mass is 14.9. The SMILES string of the molecule is [CH2-][n+]1ccc2ccccc2c1. The van der Waals surface area contributed by atoms with E-state index in [1.165, 1.54) is 10.8 Å². The maximum absolute atomic E-state index is 3.79. The van der Waals surface area contributed by atoms with E-state index in [0.717, 1.165) is 0 Å². The van der Waals surface area contributed by atoms with Crippen molar-refractivity contribution in [2.75, 3.05) is 0 Å². The summed E-state index contributed by atoms with van der Waals surface area (Å²) in [6.07, 6.45) is 3.96. The van der Waals surface area contributed by atoms with Crippen LogP contribution in [0.15, 0.2) is 42.7 Å². The first-order valence-corrected chi connectivity index (χ1v) is 3.57. The average Bonchev–Trinajstić information content (AvgIpc) is 2.04. The van der Waals surface area contributed by atoms with Crippen molar-refractivity contribution in [3.05, 3.63) is 49.8 Å². The lowest BCUT2D eigenvalue weighted by atomic mass is 10.2. The molecule has 0 aliphatic rings. The second-order valence-corrected chi connectivity index (χ2v) is 2.59. The summed E-state index contributed by atoms with van der Waals surface area (Å²) in [4.78, 5) is 0.